The lowest BCUT2D eigenvalue weighted by Gasteiger charge is -2.24. The Balaban J connectivity index is 1.94. The van der Waals surface area contributed by atoms with Gasteiger partial charge in [0.2, 0.25) is 0 Å². The van der Waals surface area contributed by atoms with Crippen molar-refractivity contribution in [2.24, 2.45) is 5.73 Å². The van der Waals surface area contributed by atoms with Crippen LogP contribution in [0.4, 0.5) is 0 Å². The van der Waals surface area contributed by atoms with E-state index in [4.69, 9.17) is 5.73 Å². The van der Waals surface area contributed by atoms with Gasteiger partial charge in [-0.3, -0.25) is 0 Å². The largest absolute Gasteiger partial charge is 0.327 e. The maximum atomic E-state index is 6.65. The third-order valence-electron chi connectivity index (χ3n) is 4.79. The van der Waals surface area contributed by atoms with Gasteiger partial charge in [0, 0.05) is 6.04 Å². The molecule has 3 aromatic carbocycles. The van der Waals surface area contributed by atoms with E-state index in [0.717, 1.165) is 12.6 Å². The van der Waals surface area contributed by atoms with Gasteiger partial charge in [-0.05, 0) is 64.4 Å². The van der Waals surface area contributed by atoms with E-state index in [1.165, 1.54) is 38.4 Å². The summed E-state index contributed by atoms with van der Waals surface area (Å²) in [4.78, 5) is 0. The zero-order valence-corrected chi connectivity index (χ0v) is 17.8. The Bertz CT molecular complexity index is 809. The molecule has 0 aliphatic carbocycles. The first kappa shape index (κ1) is 19.8. The van der Waals surface area contributed by atoms with Crippen molar-refractivity contribution in [1.29, 1.82) is 0 Å². The van der Waals surface area contributed by atoms with Crippen molar-refractivity contribution >= 4 is 18.5 Å². The van der Waals surface area contributed by atoms with E-state index in [2.05, 4.69) is 94.4 Å². The summed E-state index contributed by atoms with van der Waals surface area (Å²) in [5.41, 5.74) is 13.3. The van der Waals surface area contributed by atoms with Gasteiger partial charge in [-0.1, -0.05) is 89.0 Å². The highest BCUT2D eigenvalue weighted by Crippen LogP contribution is 2.36. The highest BCUT2D eigenvalue weighted by Gasteiger charge is 2.19. The molecule has 0 saturated carbocycles. The van der Waals surface area contributed by atoms with E-state index in [0.29, 0.717) is 0 Å². The Kier molecular flexibility index (Phi) is 6.47. The lowest BCUT2D eigenvalue weighted by molar-refractivity contribution is 0.746. The fraction of sp³-hybridized carbons (Fsp3) is 0.280. The van der Waals surface area contributed by atoms with Gasteiger partial charge in [0.15, 0.2) is 0 Å². The van der Waals surface area contributed by atoms with Crippen LogP contribution >= 0.6 is 7.92 Å². The van der Waals surface area contributed by atoms with Crippen molar-refractivity contribution in [2.45, 2.75) is 40.2 Å². The molecule has 27 heavy (non-hydrogen) atoms. The number of benzene rings is 3. The van der Waals surface area contributed by atoms with Gasteiger partial charge in [-0.25, -0.2) is 0 Å². The van der Waals surface area contributed by atoms with E-state index in [1.54, 1.807) is 0 Å². The molecule has 0 aromatic heterocycles. The first-order valence-corrected chi connectivity index (χ1v) is 11.2. The summed E-state index contributed by atoms with van der Waals surface area (Å²) in [5, 5.41) is 2.88. The van der Waals surface area contributed by atoms with Crippen LogP contribution in [0, 0.1) is 27.7 Å². The van der Waals surface area contributed by atoms with Crippen molar-refractivity contribution in [3.8, 4) is 0 Å². The SMILES string of the molecule is Cc1cc(C)cc(P(C[C@@H](N)Cc2ccccc2)c2cc(C)cc(C)c2)c1. The molecule has 140 valence electrons. The highest BCUT2D eigenvalue weighted by atomic mass is 31.1. The Hall–Kier alpha value is -1.95. The van der Waals surface area contributed by atoms with Gasteiger partial charge in [0.25, 0.3) is 0 Å². The summed E-state index contributed by atoms with van der Waals surface area (Å²) in [7, 11) is -0.476. The minimum atomic E-state index is -0.476. The molecule has 0 amide bonds. The molecule has 1 atom stereocenters. The fourth-order valence-corrected chi connectivity index (χ4v) is 6.54. The molecule has 0 saturated heterocycles. The molecule has 0 bridgehead atoms. The van der Waals surface area contributed by atoms with Gasteiger partial charge in [-0.15, -0.1) is 0 Å². The average Bonchev–Trinajstić information content (AvgIpc) is 2.59. The van der Waals surface area contributed by atoms with Crippen molar-refractivity contribution < 1.29 is 0 Å². The smallest absolute Gasteiger partial charge is 0.0125 e. The molecule has 0 unspecified atom stereocenters. The average molecular weight is 375 g/mol. The van der Waals surface area contributed by atoms with Crippen LogP contribution in [0.2, 0.25) is 0 Å². The second-order valence-electron chi connectivity index (χ2n) is 7.75. The molecular weight excluding hydrogens is 345 g/mol. The Morgan fingerprint density at radius 3 is 1.59 bits per heavy atom. The third-order valence-corrected chi connectivity index (χ3v) is 7.39. The Morgan fingerprint density at radius 1 is 0.704 bits per heavy atom. The topological polar surface area (TPSA) is 26.0 Å². The van der Waals surface area contributed by atoms with Crippen LogP contribution < -0.4 is 16.3 Å². The normalized spacial score (nSPS) is 12.4. The molecule has 0 aliphatic rings. The van der Waals surface area contributed by atoms with Gasteiger partial charge < -0.3 is 5.73 Å². The summed E-state index contributed by atoms with van der Waals surface area (Å²) in [6.45, 7) is 8.76. The molecule has 0 radical (unpaired) electrons. The van der Waals surface area contributed by atoms with E-state index in [1.807, 2.05) is 0 Å². The van der Waals surface area contributed by atoms with Crippen LogP contribution in [0.3, 0.4) is 0 Å². The van der Waals surface area contributed by atoms with Crippen LogP contribution in [-0.2, 0) is 6.42 Å². The van der Waals surface area contributed by atoms with E-state index in [9.17, 15) is 0 Å². The second-order valence-corrected chi connectivity index (χ2v) is 10.0. The predicted molar refractivity (Wildman–Crippen MR) is 121 cm³/mol. The molecule has 3 aromatic rings. The lowest BCUT2D eigenvalue weighted by atomic mass is 10.1. The summed E-state index contributed by atoms with van der Waals surface area (Å²) in [5.74, 6) is 0. The third kappa shape index (κ3) is 5.51. The van der Waals surface area contributed by atoms with Gasteiger partial charge in [0.1, 0.15) is 0 Å². The molecule has 2 heteroatoms. The number of rotatable bonds is 6. The first-order chi connectivity index (χ1) is 12.9. The standard InChI is InChI=1S/C25H30NP/c1-18-10-19(2)13-24(12-18)27(25-14-20(3)11-21(4)15-25)17-23(26)16-22-8-6-5-7-9-22/h5-15,23H,16-17,26H2,1-4H3/t23-/m0/s1. The molecule has 2 N–H and O–H groups in total. The van der Waals surface area contributed by atoms with Gasteiger partial charge in [-0.2, -0.15) is 0 Å². The zero-order chi connectivity index (χ0) is 19.4. The summed E-state index contributed by atoms with van der Waals surface area (Å²) < 4.78 is 0. The monoisotopic (exact) mass is 375 g/mol. The number of hydrogen-bond acceptors (Lipinski definition) is 1. The van der Waals surface area contributed by atoms with Crippen molar-refractivity contribution in [3.05, 3.63) is 94.5 Å². The lowest BCUT2D eigenvalue weighted by Crippen LogP contribution is -2.30. The van der Waals surface area contributed by atoms with Crippen LogP contribution in [-0.4, -0.2) is 12.2 Å². The van der Waals surface area contributed by atoms with Gasteiger partial charge >= 0.3 is 0 Å². The van der Waals surface area contributed by atoms with E-state index < -0.39 is 7.92 Å². The predicted octanol–water partition coefficient (Wildman–Crippen LogP) is 4.92. The van der Waals surface area contributed by atoms with Crippen molar-refractivity contribution in [3.63, 3.8) is 0 Å². The minimum Gasteiger partial charge on any atom is -0.327 e. The van der Waals surface area contributed by atoms with Crippen LogP contribution in [0.25, 0.3) is 0 Å². The maximum Gasteiger partial charge on any atom is 0.0125 e. The molecule has 0 fully saturated rings. The molecule has 0 heterocycles. The van der Waals surface area contributed by atoms with Gasteiger partial charge in [0.05, 0.1) is 0 Å². The van der Waals surface area contributed by atoms with Crippen LogP contribution in [0.1, 0.15) is 27.8 Å². The fourth-order valence-electron chi connectivity index (χ4n) is 3.79. The molecule has 0 spiro atoms. The number of aryl methyl sites for hydroxylation is 4. The Labute approximate surface area is 165 Å². The molecule has 0 aliphatic heterocycles. The number of hydrogen-bond donors (Lipinski definition) is 1. The summed E-state index contributed by atoms with van der Waals surface area (Å²) >= 11 is 0. The quantitative estimate of drug-likeness (QED) is 0.608. The van der Waals surface area contributed by atoms with Crippen molar-refractivity contribution in [1.82, 2.24) is 0 Å². The van der Waals surface area contributed by atoms with Crippen molar-refractivity contribution in [2.75, 3.05) is 6.16 Å². The minimum absolute atomic E-state index is 0.153. The van der Waals surface area contributed by atoms with Crippen LogP contribution in [0.15, 0.2) is 66.7 Å². The summed E-state index contributed by atoms with van der Waals surface area (Å²) in [6.07, 6.45) is 1.94. The first-order valence-electron chi connectivity index (χ1n) is 9.64. The maximum absolute atomic E-state index is 6.65. The molecule has 3 rings (SSSR count). The molecular formula is C25H30NP. The zero-order valence-electron chi connectivity index (χ0n) is 16.9. The van der Waals surface area contributed by atoms with Crippen LogP contribution in [0.5, 0.6) is 0 Å². The highest BCUT2D eigenvalue weighted by molar-refractivity contribution is 7.73. The van der Waals surface area contributed by atoms with E-state index >= 15 is 0 Å². The van der Waals surface area contributed by atoms with E-state index in [-0.39, 0.29) is 6.04 Å². The summed E-state index contributed by atoms with van der Waals surface area (Å²) in [6, 6.07) is 24.7. The Morgan fingerprint density at radius 2 is 1.15 bits per heavy atom. The molecule has 1 nitrogen and oxygen atoms in total. The second kappa shape index (κ2) is 8.83. The number of nitrogens with two attached hydrogens (primary N) is 1.